The number of nitrogens with one attached hydrogen (secondary N) is 1. The van der Waals surface area contributed by atoms with Crippen LogP contribution in [0.4, 0.5) is 0 Å². The molecular weight excluding hydrogens is 238 g/mol. The van der Waals surface area contributed by atoms with Crippen molar-refractivity contribution in [3.63, 3.8) is 0 Å². The van der Waals surface area contributed by atoms with Crippen LogP contribution in [0, 0.1) is 17.8 Å². The first kappa shape index (κ1) is 13.4. The van der Waals surface area contributed by atoms with E-state index in [-0.39, 0.29) is 24.0 Å². The maximum Gasteiger partial charge on any atom is 0.223 e. The van der Waals surface area contributed by atoms with Crippen LogP contribution in [0.25, 0.3) is 0 Å². The fraction of sp³-hybridized carbons (Fsp3) is 0.938. The van der Waals surface area contributed by atoms with Crippen LogP contribution in [0.3, 0.4) is 0 Å². The molecule has 3 aliphatic carbocycles. The van der Waals surface area contributed by atoms with Crippen LogP contribution in [0.15, 0.2) is 0 Å². The number of hydrogen-bond acceptors (Lipinski definition) is 2. The molecule has 0 aromatic rings. The Hall–Kier alpha value is -0.570. The number of amides is 1. The minimum Gasteiger partial charge on any atom is -0.394 e. The van der Waals surface area contributed by atoms with Crippen molar-refractivity contribution in [2.45, 2.75) is 69.7 Å². The first-order valence-electron chi connectivity index (χ1n) is 8.15. The number of fused-ring (bicyclic) bond motifs is 1. The van der Waals surface area contributed by atoms with Crippen LogP contribution in [-0.4, -0.2) is 23.2 Å². The Morgan fingerprint density at radius 1 is 1.05 bits per heavy atom. The third kappa shape index (κ3) is 2.67. The van der Waals surface area contributed by atoms with Crippen LogP contribution in [-0.2, 0) is 4.79 Å². The maximum atomic E-state index is 12.4. The average Bonchev–Trinajstić information content (AvgIpc) is 2.42. The Morgan fingerprint density at radius 2 is 1.79 bits per heavy atom. The summed E-state index contributed by atoms with van der Waals surface area (Å²) in [5, 5.41) is 12.6. The summed E-state index contributed by atoms with van der Waals surface area (Å²) in [7, 11) is 0. The van der Waals surface area contributed by atoms with E-state index in [1.54, 1.807) is 0 Å². The molecule has 0 spiro atoms. The minimum atomic E-state index is -0.263. The summed E-state index contributed by atoms with van der Waals surface area (Å²) < 4.78 is 0. The van der Waals surface area contributed by atoms with E-state index in [0.29, 0.717) is 0 Å². The van der Waals surface area contributed by atoms with Gasteiger partial charge in [-0.3, -0.25) is 4.79 Å². The standard InChI is InChI=1S/C16H27NO2/c18-11-16(8-3-9-16)17-15(19)14-7-6-12-4-1-2-5-13(12)10-14/h12-14,18H,1-11H2,(H,17,19). The molecule has 0 aromatic carbocycles. The van der Waals surface area contributed by atoms with Crippen molar-refractivity contribution in [3.8, 4) is 0 Å². The first-order chi connectivity index (χ1) is 9.22. The van der Waals surface area contributed by atoms with E-state index in [0.717, 1.165) is 43.9 Å². The molecule has 0 bridgehead atoms. The van der Waals surface area contributed by atoms with Crippen molar-refractivity contribution in [2.24, 2.45) is 17.8 Å². The van der Waals surface area contributed by atoms with Gasteiger partial charge >= 0.3 is 0 Å². The highest BCUT2D eigenvalue weighted by Crippen LogP contribution is 2.43. The summed E-state index contributed by atoms with van der Waals surface area (Å²) in [6, 6.07) is 0. The molecule has 0 saturated heterocycles. The predicted molar refractivity (Wildman–Crippen MR) is 74.6 cm³/mol. The van der Waals surface area contributed by atoms with Crippen molar-refractivity contribution in [1.82, 2.24) is 5.32 Å². The van der Waals surface area contributed by atoms with E-state index in [1.807, 2.05) is 0 Å². The van der Waals surface area contributed by atoms with Gasteiger partial charge in [-0.1, -0.05) is 25.7 Å². The number of carbonyl (C=O) groups excluding carboxylic acids is 1. The van der Waals surface area contributed by atoms with Crippen molar-refractivity contribution in [1.29, 1.82) is 0 Å². The van der Waals surface area contributed by atoms with Gasteiger partial charge in [0.25, 0.3) is 0 Å². The second-order valence-corrected chi connectivity index (χ2v) is 7.10. The van der Waals surface area contributed by atoms with Crippen LogP contribution in [0.2, 0.25) is 0 Å². The summed E-state index contributed by atoms with van der Waals surface area (Å²) in [6.07, 6.45) is 11.9. The van der Waals surface area contributed by atoms with Gasteiger partial charge in [0.2, 0.25) is 5.91 Å². The zero-order chi connectivity index (χ0) is 13.3. The van der Waals surface area contributed by atoms with E-state index >= 15 is 0 Å². The lowest BCUT2D eigenvalue weighted by molar-refractivity contribution is -0.131. The van der Waals surface area contributed by atoms with Crippen LogP contribution in [0.1, 0.15) is 64.2 Å². The summed E-state index contributed by atoms with van der Waals surface area (Å²) in [5.41, 5.74) is -0.263. The normalized spacial score (nSPS) is 37.0. The average molecular weight is 265 g/mol. The van der Waals surface area contributed by atoms with Gasteiger partial charge in [0.1, 0.15) is 0 Å². The molecule has 3 heteroatoms. The van der Waals surface area contributed by atoms with E-state index < -0.39 is 0 Å². The van der Waals surface area contributed by atoms with Crippen LogP contribution < -0.4 is 5.32 Å². The Labute approximate surface area is 116 Å². The lowest BCUT2D eigenvalue weighted by Crippen LogP contribution is -2.57. The molecular formula is C16H27NO2. The van der Waals surface area contributed by atoms with Gasteiger partial charge in [-0.05, 0) is 50.4 Å². The highest BCUT2D eigenvalue weighted by molar-refractivity contribution is 5.79. The summed E-state index contributed by atoms with van der Waals surface area (Å²) in [5.74, 6) is 2.12. The smallest absolute Gasteiger partial charge is 0.223 e. The highest BCUT2D eigenvalue weighted by Gasteiger charge is 2.41. The molecule has 3 atom stereocenters. The molecule has 2 N–H and O–H groups in total. The number of carbonyl (C=O) groups is 1. The van der Waals surface area contributed by atoms with E-state index in [1.165, 1.54) is 32.1 Å². The van der Waals surface area contributed by atoms with Gasteiger partial charge in [0, 0.05) is 5.92 Å². The SMILES string of the molecule is O=C(NC1(CO)CCC1)C1CCC2CCCCC2C1. The molecule has 3 fully saturated rings. The fourth-order valence-corrected chi connectivity index (χ4v) is 4.40. The largest absolute Gasteiger partial charge is 0.394 e. The minimum absolute atomic E-state index is 0.109. The third-order valence-corrected chi connectivity index (χ3v) is 5.91. The maximum absolute atomic E-state index is 12.4. The van der Waals surface area contributed by atoms with Crippen molar-refractivity contribution in [3.05, 3.63) is 0 Å². The molecule has 0 aromatic heterocycles. The summed E-state index contributed by atoms with van der Waals surface area (Å²) in [4.78, 5) is 12.4. The molecule has 3 unspecified atom stereocenters. The number of rotatable bonds is 3. The molecule has 3 nitrogen and oxygen atoms in total. The quantitative estimate of drug-likeness (QED) is 0.824. The topological polar surface area (TPSA) is 49.3 Å². The molecule has 3 aliphatic rings. The monoisotopic (exact) mass is 265 g/mol. The Kier molecular flexibility index (Phi) is 3.84. The molecule has 0 heterocycles. The van der Waals surface area contributed by atoms with E-state index in [9.17, 15) is 9.90 Å². The van der Waals surface area contributed by atoms with Crippen LogP contribution >= 0.6 is 0 Å². The third-order valence-electron chi connectivity index (χ3n) is 5.91. The summed E-state index contributed by atoms with van der Waals surface area (Å²) >= 11 is 0. The first-order valence-corrected chi connectivity index (χ1v) is 8.15. The predicted octanol–water partition coefficient (Wildman–Crippen LogP) is 2.62. The Morgan fingerprint density at radius 3 is 2.42 bits per heavy atom. The lowest BCUT2D eigenvalue weighted by Gasteiger charge is -2.44. The second-order valence-electron chi connectivity index (χ2n) is 7.10. The molecule has 1 amide bonds. The zero-order valence-corrected chi connectivity index (χ0v) is 11.9. The van der Waals surface area contributed by atoms with Gasteiger partial charge in [-0.25, -0.2) is 0 Å². The molecule has 19 heavy (non-hydrogen) atoms. The molecule has 0 radical (unpaired) electrons. The molecule has 108 valence electrons. The van der Waals surface area contributed by atoms with Gasteiger partial charge in [0.15, 0.2) is 0 Å². The molecule has 3 saturated carbocycles. The van der Waals surface area contributed by atoms with Crippen molar-refractivity contribution in [2.75, 3.05) is 6.61 Å². The Bertz CT molecular complexity index is 332. The second kappa shape index (κ2) is 5.43. The zero-order valence-electron chi connectivity index (χ0n) is 11.9. The van der Waals surface area contributed by atoms with Gasteiger partial charge in [-0.15, -0.1) is 0 Å². The number of hydrogen-bond donors (Lipinski definition) is 2. The Balaban J connectivity index is 1.55. The van der Waals surface area contributed by atoms with E-state index in [2.05, 4.69) is 5.32 Å². The van der Waals surface area contributed by atoms with Gasteiger partial charge < -0.3 is 10.4 Å². The number of aliphatic hydroxyl groups is 1. The van der Waals surface area contributed by atoms with Gasteiger partial charge in [-0.2, -0.15) is 0 Å². The highest BCUT2D eigenvalue weighted by atomic mass is 16.3. The van der Waals surface area contributed by atoms with Gasteiger partial charge in [0.05, 0.1) is 12.1 Å². The molecule has 0 aliphatic heterocycles. The lowest BCUT2D eigenvalue weighted by atomic mass is 9.67. The number of aliphatic hydroxyl groups excluding tert-OH is 1. The van der Waals surface area contributed by atoms with Crippen LogP contribution in [0.5, 0.6) is 0 Å². The van der Waals surface area contributed by atoms with E-state index in [4.69, 9.17) is 0 Å². The van der Waals surface area contributed by atoms with Crippen molar-refractivity contribution < 1.29 is 9.90 Å². The molecule has 3 rings (SSSR count). The van der Waals surface area contributed by atoms with Crippen molar-refractivity contribution >= 4 is 5.91 Å². The fourth-order valence-electron chi connectivity index (χ4n) is 4.40. The summed E-state index contributed by atoms with van der Waals surface area (Å²) in [6.45, 7) is 0.109.